The molecule has 1 aliphatic rings. The second-order valence-corrected chi connectivity index (χ2v) is 7.62. The minimum absolute atomic E-state index is 0.00839. The fourth-order valence-corrected chi connectivity index (χ4v) is 3.80. The van der Waals surface area contributed by atoms with Gasteiger partial charge in [-0.1, -0.05) is 36.4 Å². The number of carbonyl (C=O) groups is 2. The predicted molar refractivity (Wildman–Crippen MR) is 104 cm³/mol. The molecule has 26 heavy (non-hydrogen) atoms. The molecule has 0 aliphatic carbocycles. The lowest BCUT2D eigenvalue weighted by Crippen LogP contribution is -2.50. The summed E-state index contributed by atoms with van der Waals surface area (Å²) in [6.45, 7) is 3.30. The highest BCUT2D eigenvalue weighted by atomic mass is 32.1. The van der Waals surface area contributed by atoms with E-state index in [0.717, 1.165) is 31.6 Å². The van der Waals surface area contributed by atoms with Gasteiger partial charge in [0.1, 0.15) is 6.04 Å². The van der Waals surface area contributed by atoms with Crippen LogP contribution in [-0.2, 0) is 11.2 Å². The Bertz CT molecular complexity index is 718. The number of rotatable bonds is 5. The van der Waals surface area contributed by atoms with Crippen LogP contribution in [0.15, 0.2) is 47.8 Å². The Balaban J connectivity index is 1.75. The van der Waals surface area contributed by atoms with Crippen molar-refractivity contribution in [2.75, 3.05) is 33.2 Å². The van der Waals surface area contributed by atoms with Gasteiger partial charge in [0.15, 0.2) is 0 Å². The quantitative estimate of drug-likeness (QED) is 0.877. The van der Waals surface area contributed by atoms with Crippen LogP contribution in [0.3, 0.4) is 0 Å². The zero-order valence-electron chi connectivity index (χ0n) is 15.1. The maximum Gasteiger partial charge on any atom is 0.262 e. The Morgan fingerprint density at radius 3 is 2.62 bits per heavy atom. The molecule has 2 aromatic rings. The molecule has 1 fully saturated rings. The first kappa shape index (κ1) is 18.6. The predicted octanol–water partition coefficient (Wildman–Crippen LogP) is 2.25. The van der Waals surface area contributed by atoms with Gasteiger partial charge in [-0.2, -0.15) is 0 Å². The highest BCUT2D eigenvalue weighted by Gasteiger charge is 2.27. The summed E-state index contributed by atoms with van der Waals surface area (Å²) in [5.74, 6) is -0.171. The molecule has 2 heterocycles. The van der Waals surface area contributed by atoms with Crippen LogP contribution < -0.4 is 5.32 Å². The monoisotopic (exact) mass is 371 g/mol. The topological polar surface area (TPSA) is 52.6 Å². The summed E-state index contributed by atoms with van der Waals surface area (Å²) in [7, 11) is 2.08. The molecule has 0 saturated carbocycles. The SMILES string of the molecule is CN1CCCN(C(=O)[C@H](Cc2ccccc2)NC(=O)c2cccs2)CC1. The van der Waals surface area contributed by atoms with Crippen LogP contribution >= 0.6 is 11.3 Å². The number of nitrogens with one attached hydrogen (secondary N) is 1. The standard InChI is InChI=1S/C20H25N3O2S/c1-22-10-6-11-23(13-12-22)20(25)17(15-16-7-3-2-4-8-16)21-19(24)18-9-5-14-26-18/h2-5,7-9,14,17H,6,10-13,15H2,1H3,(H,21,24)/t17-/m0/s1. The molecule has 1 aromatic carbocycles. The first-order chi connectivity index (χ1) is 12.6. The van der Waals surface area contributed by atoms with Gasteiger partial charge in [0.25, 0.3) is 5.91 Å². The van der Waals surface area contributed by atoms with Gasteiger partial charge >= 0.3 is 0 Å². The highest BCUT2D eigenvalue weighted by molar-refractivity contribution is 7.12. The minimum atomic E-state index is -0.546. The molecule has 6 heteroatoms. The molecule has 1 N–H and O–H groups in total. The lowest BCUT2D eigenvalue weighted by atomic mass is 10.0. The van der Waals surface area contributed by atoms with Gasteiger partial charge in [0, 0.05) is 26.1 Å². The van der Waals surface area contributed by atoms with E-state index in [0.29, 0.717) is 17.8 Å². The second kappa shape index (κ2) is 8.96. The third-order valence-electron chi connectivity index (χ3n) is 4.66. The summed E-state index contributed by atoms with van der Waals surface area (Å²) in [6, 6.07) is 12.9. The van der Waals surface area contributed by atoms with Crippen molar-refractivity contribution in [2.24, 2.45) is 0 Å². The number of likely N-dealkylation sites (N-methyl/N-ethyl adjacent to an activating group) is 1. The number of hydrogen-bond donors (Lipinski definition) is 1. The van der Waals surface area contributed by atoms with Crippen LogP contribution in [0.4, 0.5) is 0 Å². The normalized spacial score (nSPS) is 16.7. The number of thiophene rings is 1. The van der Waals surface area contributed by atoms with Crippen molar-refractivity contribution in [1.82, 2.24) is 15.1 Å². The summed E-state index contributed by atoms with van der Waals surface area (Å²) in [6.07, 6.45) is 1.46. The molecule has 1 aliphatic heterocycles. The molecular weight excluding hydrogens is 346 g/mol. The Kier molecular flexibility index (Phi) is 6.41. The minimum Gasteiger partial charge on any atom is -0.340 e. The first-order valence-electron chi connectivity index (χ1n) is 8.99. The lowest BCUT2D eigenvalue weighted by molar-refractivity contribution is -0.133. The highest BCUT2D eigenvalue weighted by Crippen LogP contribution is 2.12. The van der Waals surface area contributed by atoms with Crippen molar-refractivity contribution >= 4 is 23.2 Å². The average Bonchev–Trinajstić information content (AvgIpc) is 3.11. The Morgan fingerprint density at radius 2 is 1.88 bits per heavy atom. The van der Waals surface area contributed by atoms with E-state index in [1.165, 1.54) is 11.3 Å². The van der Waals surface area contributed by atoms with Gasteiger partial charge in [-0.05, 0) is 37.0 Å². The average molecular weight is 372 g/mol. The summed E-state index contributed by atoms with van der Waals surface area (Å²) < 4.78 is 0. The first-order valence-corrected chi connectivity index (χ1v) is 9.87. The second-order valence-electron chi connectivity index (χ2n) is 6.68. The maximum absolute atomic E-state index is 13.2. The smallest absolute Gasteiger partial charge is 0.262 e. The number of carbonyl (C=O) groups excluding carboxylic acids is 2. The number of benzene rings is 1. The number of hydrogen-bond acceptors (Lipinski definition) is 4. The van der Waals surface area contributed by atoms with Crippen molar-refractivity contribution in [1.29, 1.82) is 0 Å². The molecule has 1 atom stereocenters. The molecular formula is C20H25N3O2S. The summed E-state index contributed by atoms with van der Waals surface area (Å²) in [4.78, 5) is 30.5. The molecule has 0 spiro atoms. The van der Waals surface area contributed by atoms with Gasteiger partial charge in [-0.3, -0.25) is 9.59 Å². The van der Waals surface area contributed by atoms with Gasteiger partial charge in [-0.15, -0.1) is 11.3 Å². The van der Waals surface area contributed by atoms with E-state index in [-0.39, 0.29) is 11.8 Å². The van der Waals surface area contributed by atoms with E-state index in [4.69, 9.17) is 0 Å². The molecule has 2 amide bonds. The Labute approximate surface area is 158 Å². The van der Waals surface area contributed by atoms with Crippen LogP contribution in [0, 0.1) is 0 Å². The number of nitrogens with zero attached hydrogens (tertiary/aromatic N) is 2. The molecule has 3 rings (SSSR count). The van der Waals surface area contributed by atoms with Crippen molar-refractivity contribution in [2.45, 2.75) is 18.9 Å². The molecule has 138 valence electrons. The molecule has 0 unspecified atom stereocenters. The molecule has 1 saturated heterocycles. The third-order valence-corrected chi connectivity index (χ3v) is 5.53. The largest absolute Gasteiger partial charge is 0.340 e. The van der Waals surface area contributed by atoms with E-state index in [1.54, 1.807) is 6.07 Å². The zero-order valence-corrected chi connectivity index (χ0v) is 15.9. The molecule has 0 bridgehead atoms. The molecule has 0 radical (unpaired) electrons. The fourth-order valence-electron chi connectivity index (χ4n) is 3.17. The van der Waals surface area contributed by atoms with Crippen LogP contribution in [0.1, 0.15) is 21.7 Å². The summed E-state index contributed by atoms with van der Waals surface area (Å²) in [5, 5.41) is 4.83. The van der Waals surface area contributed by atoms with Crippen LogP contribution in [0.5, 0.6) is 0 Å². The summed E-state index contributed by atoms with van der Waals surface area (Å²) in [5.41, 5.74) is 1.05. The van der Waals surface area contributed by atoms with Gasteiger partial charge in [-0.25, -0.2) is 0 Å². The van der Waals surface area contributed by atoms with Crippen LogP contribution in [0.2, 0.25) is 0 Å². The Hall–Kier alpha value is -2.18. The zero-order chi connectivity index (χ0) is 18.4. The van der Waals surface area contributed by atoms with Gasteiger partial charge < -0.3 is 15.1 Å². The number of amides is 2. The van der Waals surface area contributed by atoms with Gasteiger partial charge in [0.2, 0.25) is 5.91 Å². The Morgan fingerprint density at radius 1 is 1.08 bits per heavy atom. The van der Waals surface area contributed by atoms with E-state index in [1.807, 2.05) is 46.7 Å². The van der Waals surface area contributed by atoms with Crippen molar-refractivity contribution in [3.63, 3.8) is 0 Å². The van der Waals surface area contributed by atoms with E-state index >= 15 is 0 Å². The third kappa shape index (κ3) is 4.93. The maximum atomic E-state index is 13.2. The summed E-state index contributed by atoms with van der Waals surface area (Å²) >= 11 is 1.39. The van der Waals surface area contributed by atoms with E-state index in [2.05, 4.69) is 17.3 Å². The van der Waals surface area contributed by atoms with Crippen molar-refractivity contribution in [3.8, 4) is 0 Å². The van der Waals surface area contributed by atoms with Crippen molar-refractivity contribution in [3.05, 3.63) is 58.3 Å². The van der Waals surface area contributed by atoms with Crippen LogP contribution in [-0.4, -0.2) is 60.9 Å². The van der Waals surface area contributed by atoms with Crippen molar-refractivity contribution < 1.29 is 9.59 Å². The van der Waals surface area contributed by atoms with Gasteiger partial charge in [0.05, 0.1) is 4.88 Å². The lowest BCUT2D eigenvalue weighted by Gasteiger charge is -2.27. The van der Waals surface area contributed by atoms with E-state index < -0.39 is 6.04 Å². The molecule has 1 aromatic heterocycles. The molecule has 5 nitrogen and oxygen atoms in total. The van der Waals surface area contributed by atoms with Crippen LogP contribution in [0.25, 0.3) is 0 Å². The fraction of sp³-hybridized carbons (Fsp3) is 0.400. The van der Waals surface area contributed by atoms with E-state index in [9.17, 15) is 9.59 Å².